The Labute approximate surface area is 166 Å². The first kappa shape index (κ1) is 19.7. The van der Waals surface area contributed by atoms with Crippen LogP contribution in [-0.4, -0.2) is 40.4 Å². The molecule has 1 heterocycles. The SMILES string of the molecule is COc1ccc(C(C#N)[NH+]2CC[NH+](C(C#N)c3ccc(OC)cc3)CC2)cc1. The Kier molecular flexibility index (Phi) is 6.49. The Morgan fingerprint density at radius 3 is 1.25 bits per heavy atom. The summed E-state index contributed by atoms with van der Waals surface area (Å²) in [5.41, 5.74) is 2.02. The van der Waals surface area contributed by atoms with Gasteiger partial charge in [-0.25, -0.2) is 0 Å². The lowest BCUT2D eigenvalue weighted by Crippen LogP contribution is -3.28. The average Bonchev–Trinajstić information content (AvgIpc) is 2.77. The maximum absolute atomic E-state index is 9.73. The molecule has 0 radical (unpaired) electrons. The van der Waals surface area contributed by atoms with E-state index in [2.05, 4.69) is 12.1 Å². The van der Waals surface area contributed by atoms with Crippen molar-refractivity contribution in [2.45, 2.75) is 12.1 Å². The largest absolute Gasteiger partial charge is 0.497 e. The summed E-state index contributed by atoms with van der Waals surface area (Å²) in [6.07, 6.45) is 0. The average molecular weight is 378 g/mol. The molecule has 0 amide bonds. The molecular weight excluding hydrogens is 352 g/mol. The van der Waals surface area contributed by atoms with Gasteiger partial charge in [0.25, 0.3) is 0 Å². The molecule has 2 aromatic carbocycles. The van der Waals surface area contributed by atoms with E-state index in [9.17, 15) is 10.5 Å². The van der Waals surface area contributed by atoms with E-state index in [0.29, 0.717) is 0 Å². The Bertz CT molecular complexity index is 771. The lowest BCUT2D eigenvalue weighted by atomic mass is 10.0. The Hall–Kier alpha value is -3.06. The summed E-state index contributed by atoms with van der Waals surface area (Å²) in [5, 5.41) is 19.5. The Morgan fingerprint density at radius 1 is 0.679 bits per heavy atom. The lowest BCUT2D eigenvalue weighted by Gasteiger charge is -2.34. The summed E-state index contributed by atoms with van der Waals surface area (Å²) in [4.78, 5) is 2.51. The highest BCUT2D eigenvalue weighted by molar-refractivity contribution is 5.31. The zero-order valence-electron chi connectivity index (χ0n) is 16.3. The number of rotatable bonds is 6. The van der Waals surface area contributed by atoms with E-state index in [1.807, 2.05) is 48.5 Å². The number of hydrogen-bond acceptors (Lipinski definition) is 4. The first-order valence-corrected chi connectivity index (χ1v) is 9.46. The van der Waals surface area contributed by atoms with Crippen LogP contribution in [0.2, 0.25) is 0 Å². The second kappa shape index (κ2) is 9.23. The van der Waals surface area contributed by atoms with Crippen LogP contribution >= 0.6 is 0 Å². The van der Waals surface area contributed by atoms with Crippen molar-refractivity contribution in [3.63, 3.8) is 0 Å². The monoisotopic (exact) mass is 378 g/mol. The van der Waals surface area contributed by atoms with Gasteiger partial charge in [0.05, 0.1) is 14.2 Å². The van der Waals surface area contributed by atoms with Crippen molar-refractivity contribution in [3.05, 3.63) is 59.7 Å². The van der Waals surface area contributed by atoms with Gasteiger partial charge in [0.15, 0.2) is 0 Å². The van der Waals surface area contributed by atoms with Crippen LogP contribution in [0.1, 0.15) is 23.2 Å². The van der Waals surface area contributed by atoms with Crippen molar-refractivity contribution in [1.29, 1.82) is 10.5 Å². The molecule has 2 atom stereocenters. The van der Waals surface area contributed by atoms with Gasteiger partial charge in [0, 0.05) is 11.1 Å². The van der Waals surface area contributed by atoms with Gasteiger partial charge in [-0.05, 0) is 48.5 Å². The smallest absolute Gasteiger partial charge is 0.201 e. The zero-order chi connectivity index (χ0) is 19.9. The fraction of sp³-hybridized carbons (Fsp3) is 0.364. The van der Waals surface area contributed by atoms with Gasteiger partial charge in [-0.1, -0.05) is 0 Å². The van der Waals surface area contributed by atoms with Crippen molar-refractivity contribution in [1.82, 2.24) is 0 Å². The molecule has 6 nitrogen and oxygen atoms in total. The van der Waals surface area contributed by atoms with E-state index in [-0.39, 0.29) is 12.1 Å². The maximum atomic E-state index is 9.73. The predicted octanol–water partition coefficient (Wildman–Crippen LogP) is 0.317. The molecule has 1 saturated heterocycles. The van der Waals surface area contributed by atoms with Crippen molar-refractivity contribution in [2.24, 2.45) is 0 Å². The molecule has 144 valence electrons. The van der Waals surface area contributed by atoms with E-state index < -0.39 is 0 Å². The molecule has 3 rings (SSSR count). The molecule has 0 spiro atoms. The van der Waals surface area contributed by atoms with Gasteiger partial charge >= 0.3 is 0 Å². The summed E-state index contributed by atoms with van der Waals surface area (Å²) in [5.74, 6) is 1.59. The third kappa shape index (κ3) is 4.26. The minimum absolute atomic E-state index is 0.200. The highest BCUT2D eigenvalue weighted by Crippen LogP contribution is 2.17. The van der Waals surface area contributed by atoms with Crippen LogP contribution in [0.3, 0.4) is 0 Å². The van der Waals surface area contributed by atoms with Gasteiger partial charge in [-0.3, -0.25) is 0 Å². The van der Waals surface area contributed by atoms with Crippen LogP contribution in [0.25, 0.3) is 0 Å². The maximum Gasteiger partial charge on any atom is 0.201 e. The standard InChI is InChI=1S/C22H24N4O2/c1-27-19-7-3-17(4-8-19)21(15-23)25-11-13-26(14-12-25)22(16-24)18-5-9-20(28-2)10-6-18/h3-10,21-22H,11-14H2,1-2H3/p+2. The molecular formula is C22H26N4O2+2. The highest BCUT2D eigenvalue weighted by Gasteiger charge is 2.34. The molecule has 0 aliphatic carbocycles. The molecule has 1 aliphatic heterocycles. The zero-order valence-corrected chi connectivity index (χ0v) is 16.3. The van der Waals surface area contributed by atoms with E-state index >= 15 is 0 Å². The molecule has 6 heteroatoms. The number of piperazine rings is 1. The third-order valence-corrected chi connectivity index (χ3v) is 5.51. The second-order valence-electron chi connectivity index (χ2n) is 6.99. The Morgan fingerprint density at radius 2 is 1.00 bits per heavy atom. The van der Waals surface area contributed by atoms with Crippen LogP contribution < -0.4 is 19.3 Å². The normalized spacial score (nSPS) is 21.0. The van der Waals surface area contributed by atoms with Gasteiger partial charge in [0.2, 0.25) is 12.1 Å². The van der Waals surface area contributed by atoms with Crippen molar-refractivity contribution >= 4 is 0 Å². The number of ether oxygens (including phenoxy) is 2. The molecule has 2 unspecified atom stereocenters. The summed E-state index contributed by atoms with van der Waals surface area (Å²) in [6.45, 7) is 3.42. The van der Waals surface area contributed by atoms with Gasteiger partial charge < -0.3 is 19.3 Å². The van der Waals surface area contributed by atoms with Crippen LogP contribution in [0.5, 0.6) is 11.5 Å². The fourth-order valence-electron chi connectivity index (χ4n) is 3.87. The number of nitrogens with zero attached hydrogens (tertiary/aromatic N) is 2. The summed E-state index contributed by atoms with van der Waals surface area (Å²) in [7, 11) is 3.27. The molecule has 28 heavy (non-hydrogen) atoms. The first-order valence-electron chi connectivity index (χ1n) is 9.46. The van der Waals surface area contributed by atoms with Crippen LogP contribution in [0, 0.1) is 22.7 Å². The summed E-state index contributed by atoms with van der Waals surface area (Å²) >= 11 is 0. The van der Waals surface area contributed by atoms with Crippen LogP contribution in [0.15, 0.2) is 48.5 Å². The van der Waals surface area contributed by atoms with E-state index in [1.54, 1.807) is 14.2 Å². The number of methoxy groups -OCH3 is 2. The van der Waals surface area contributed by atoms with E-state index in [1.165, 1.54) is 9.80 Å². The molecule has 1 fully saturated rings. The third-order valence-electron chi connectivity index (χ3n) is 5.51. The topological polar surface area (TPSA) is 74.9 Å². The first-order chi connectivity index (χ1) is 13.7. The lowest BCUT2D eigenvalue weighted by molar-refractivity contribution is -1.03. The van der Waals surface area contributed by atoms with E-state index in [4.69, 9.17) is 9.47 Å². The molecule has 0 bridgehead atoms. The molecule has 2 N–H and O–H groups in total. The van der Waals surface area contributed by atoms with Crippen molar-refractivity contribution in [3.8, 4) is 23.6 Å². The Balaban J connectivity index is 1.66. The van der Waals surface area contributed by atoms with Crippen LogP contribution in [-0.2, 0) is 0 Å². The highest BCUT2D eigenvalue weighted by atomic mass is 16.5. The number of nitrogens with one attached hydrogen (secondary N) is 2. The molecule has 0 aromatic heterocycles. The number of quaternary nitrogens is 2. The van der Waals surface area contributed by atoms with Gasteiger partial charge in [0.1, 0.15) is 49.8 Å². The minimum atomic E-state index is -0.200. The molecule has 0 saturated carbocycles. The fourth-order valence-corrected chi connectivity index (χ4v) is 3.87. The molecule has 2 aromatic rings. The summed E-state index contributed by atoms with van der Waals surface area (Å²) in [6, 6.07) is 20.0. The quantitative estimate of drug-likeness (QED) is 0.759. The summed E-state index contributed by atoms with van der Waals surface area (Å²) < 4.78 is 10.4. The number of hydrogen-bond donors (Lipinski definition) is 2. The number of benzene rings is 2. The van der Waals surface area contributed by atoms with E-state index in [0.717, 1.165) is 48.8 Å². The van der Waals surface area contributed by atoms with Crippen molar-refractivity contribution < 1.29 is 19.3 Å². The van der Waals surface area contributed by atoms with Gasteiger partial charge in [-0.2, -0.15) is 10.5 Å². The predicted molar refractivity (Wildman–Crippen MR) is 104 cm³/mol. The minimum Gasteiger partial charge on any atom is -0.497 e. The van der Waals surface area contributed by atoms with Gasteiger partial charge in [-0.15, -0.1) is 0 Å². The molecule has 1 aliphatic rings. The second-order valence-corrected chi connectivity index (χ2v) is 6.99. The van der Waals surface area contributed by atoms with Crippen LogP contribution in [0.4, 0.5) is 0 Å². The number of nitriles is 2. The van der Waals surface area contributed by atoms with Crippen molar-refractivity contribution in [2.75, 3.05) is 40.4 Å².